The predicted molar refractivity (Wildman–Crippen MR) is 23.6 cm³/mol. The summed E-state index contributed by atoms with van der Waals surface area (Å²) in [5.41, 5.74) is 0. The van der Waals surface area contributed by atoms with Gasteiger partial charge in [0.1, 0.15) is 0 Å². The molecule has 6 nitrogen and oxygen atoms in total. The summed E-state index contributed by atoms with van der Waals surface area (Å²) in [6, 6.07) is 0. The van der Waals surface area contributed by atoms with E-state index >= 15 is 0 Å². The normalized spacial score (nSPS) is 11.5. The van der Waals surface area contributed by atoms with Crippen LogP contribution in [0, 0.1) is 11.5 Å². The first-order chi connectivity index (χ1) is 3.56. The van der Waals surface area contributed by atoms with Gasteiger partial charge in [-0.25, -0.2) is 5.14 Å². The molecule has 8 heavy (non-hydrogen) atoms. The smallest absolute Gasteiger partial charge is 0.208 e. The zero-order valence-corrected chi connectivity index (χ0v) is 4.46. The minimum absolute atomic E-state index is 1.12. The van der Waals surface area contributed by atoms with Crippen LogP contribution in [0.3, 0.4) is 0 Å². The molecule has 0 atom stereocenters. The number of hydrogen-bond donors (Lipinski definition) is 1. The van der Waals surface area contributed by atoms with Crippen LogP contribution in [0.2, 0.25) is 0 Å². The van der Waals surface area contributed by atoms with Gasteiger partial charge in [0, 0.05) is 0 Å². The largest absolute Gasteiger partial charge is 0.335 e. The van der Waals surface area contributed by atoms with Crippen molar-refractivity contribution >= 4 is 10.2 Å². The first-order valence-electron chi connectivity index (χ1n) is 1.40. The van der Waals surface area contributed by atoms with Gasteiger partial charge in [0.2, 0.25) is 6.19 Å². The van der Waals surface area contributed by atoms with Gasteiger partial charge in [-0.15, -0.1) is 0 Å². The monoisotopic (exact) mass is 134 g/mol. The van der Waals surface area contributed by atoms with E-state index in [0.29, 0.717) is 0 Å². The lowest BCUT2D eigenvalue weighted by molar-refractivity contribution is 0.597. The van der Waals surface area contributed by atoms with Crippen molar-refractivity contribution in [3.8, 4) is 6.19 Å². The first kappa shape index (κ1) is 7.00. The maximum absolute atomic E-state index is 9.76. The van der Waals surface area contributed by atoms with E-state index in [1.54, 1.807) is 0 Å². The Hall–Kier alpha value is -1.00. The maximum Gasteiger partial charge on any atom is 0.335 e. The molecule has 0 aliphatic carbocycles. The molecule has 44 valence electrons. The Morgan fingerprint density at radius 1 is 1.62 bits per heavy atom. The number of rotatable bonds is 1. The van der Waals surface area contributed by atoms with Crippen molar-refractivity contribution in [2.75, 3.05) is 0 Å². The van der Waals surface area contributed by atoms with E-state index < -0.39 is 10.2 Å². The third-order valence-corrected chi connectivity index (χ3v) is 0.509. The molecule has 7 heteroatoms. The summed E-state index contributed by atoms with van der Waals surface area (Å²) in [5.74, 6) is 0. The van der Waals surface area contributed by atoms with Crippen molar-refractivity contribution in [1.82, 2.24) is 0 Å². The van der Waals surface area contributed by atoms with Crippen LogP contribution < -0.4 is 5.14 Å². The Balaban J connectivity index is 4.19. The molecular weight excluding hydrogens is 132 g/mol. The van der Waals surface area contributed by atoms with E-state index in [0.717, 1.165) is 6.19 Å². The van der Waals surface area contributed by atoms with E-state index in [1.165, 1.54) is 0 Å². The van der Waals surface area contributed by atoms with Crippen LogP contribution >= 0.6 is 0 Å². The molecule has 0 heterocycles. The van der Waals surface area contributed by atoms with Crippen molar-refractivity contribution in [2.24, 2.45) is 14.8 Å². The van der Waals surface area contributed by atoms with Crippen LogP contribution in [0.4, 0.5) is 0 Å². The van der Waals surface area contributed by atoms with E-state index in [1.807, 2.05) is 0 Å². The highest BCUT2D eigenvalue weighted by atomic mass is 32.2. The summed E-state index contributed by atoms with van der Waals surface area (Å²) in [7, 11) is -3.95. The van der Waals surface area contributed by atoms with Gasteiger partial charge in [0.25, 0.3) is 0 Å². The lowest BCUT2D eigenvalue weighted by Gasteiger charge is -1.74. The molecule has 0 unspecified atom stereocenters. The van der Waals surface area contributed by atoms with Crippen LogP contribution in [0.1, 0.15) is 0 Å². The summed E-state index contributed by atoms with van der Waals surface area (Å²) in [6.07, 6.45) is 1.12. The van der Waals surface area contributed by atoms with Gasteiger partial charge in [-0.1, -0.05) is 5.11 Å². The van der Waals surface area contributed by atoms with Crippen molar-refractivity contribution in [3.05, 3.63) is 0 Å². The van der Waals surface area contributed by atoms with Gasteiger partial charge in [0.15, 0.2) is 0 Å². The highest BCUT2D eigenvalue weighted by Gasteiger charge is 1.92. The summed E-state index contributed by atoms with van der Waals surface area (Å²) >= 11 is 0. The molecule has 0 bridgehead atoms. The molecule has 0 fully saturated rings. The average Bonchev–Trinajstić information content (AvgIpc) is 1.59. The van der Waals surface area contributed by atoms with Crippen LogP contribution in [0.25, 0.3) is 0 Å². The molecule has 2 N–H and O–H groups in total. The molecular formula is CH2N4O2S. The minimum atomic E-state index is -3.95. The Labute approximate surface area is 45.8 Å². The van der Waals surface area contributed by atoms with Gasteiger partial charge < -0.3 is 0 Å². The van der Waals surface area contributed by atoms with Gasteiger partial charge >= 0.3 is 10.2 Å². The molecule has 0 aromatic heterocycles. The second-order valence-corrected chi connectivity index (χ2v) is 1.99. The van der Waals surface area contributed by atoms with Gasteiger partial charge in [0.05, 0.1) is 0 Å². The Kier molecular flexibility index (Phi) is 2.05. The van der Waals surface area contributed by atoms with Crippen LogP contribution in [0.5, 0.6) is 0 Å². The van der Waals surface area contributed by atoms with Crippen LogP contribution in [-0.2, 0) is 10.2 Å². The lowest BCUT2D eigenvalue weighted by Crippen LogP contribution is -2.06. The fourth-order valence-electron chi connectivity index (χ4n) is 0.0752. The molecule has 0 aliphatic rings. The zero-order chi connectivity index (χ0) is 6.62. The maximum atomic E-state index is 9.76. The van der Waals surface area contributed by atoms with Crippen molar-refractivity contribution in [2.45, 2.75) is 0 Å². The predicted octanol–water partition coefficient (Wildman–Crippen LogP) is -0.877. The van der Waals surface area contributed by atoms with Crippen molar-refractivity contribution in [1.29, 1.82) is 5.26 Å². The molecule has 0 radical (unpaired) electrons. The summed E-state index contributed by atoms with van der Waals surface area (Å²) in [6.45, 7) is 0. The van der Waals surface area contributed by atoms with Crippen molar-refractivity contribution < 1.29 is 8.42 Å². The fourth-order valence-corrected chi connectivity index (χ4v) is 0.225. The highest BCUT2D eigenvalue weighted by molar-refractivity contribution is 7.87. The number of nitrogens with two attached hydrogens (primary N) is 1. The number of nitriles is 1. The molecule has 0 saturated carbocycles. The fraction of sp³-hybridized carbons (Fsp3) is 0. The van der Waals surface area contributed by atoms with E-state index in [2.05, 4.69) is 14.8 Å². The zero-order valence-electron chi connectivity index (χ0n) is 3.64. The van der Waals surface area contributed by atoms with E-state index in [-0.39, 0.29) is 0 Å². The van der Waals surface area contributed by atoms with Crippen LogP contribution in [-0.4, -0.2) is 8.42 Å². The first-order valence-corrected chi connectivity index (χ1v) is 2.90. The molecule has 0 aromatic carbocycles. The molecule has 0 spiro atoms. The molecule has 0 aromatic rings. The van der Waals surface area contributed by atoms with E-state index in [9.17, 15) is 8.42 Å². The second kappa shape index (κ2) is 2.34. The Bertz CT molecular complexity index is 219. The van der Waals surface area contributed by atoms with Crippen LogP contribution in [0.15, 0.2) is 9.63 Å². The minimum Gasteiger partial charge on any atom is -0.208 e. The molecule has 0 saturated heterocycles. The quantitative estimate of drug-likeness (QED) is 0.371. The Morgan fingerprint density at radius 3 is 2.25 bits per heavy atom. The van der Waals surface area contributed by atoms with Gasteiger partial charge in [-0.3, -0.25) is 0 Å². The number of nitrogens with zero attached hydrogens (tertiary/aromatic N) is 3. The SMILES string of the molecule is N#CN=NS(N)(=O)=O. The third kappa shape index (κ3) is 5.00. The summed E-state index contributed by atoms with van der Waals surface area (Å²) < 4.78 is 21.9. The second-order valence-electron chi connectivity index (χ2n) is 0.797. The lowest BCUT2D eigenvalue weighted by atomic mass is 11.5. The van der Waals surface area contributed by atoms with E-state index in [4.69, 9.17) is 5.26 Å². The molecule has 0 aliphatic heterocycles. The Morgan fingerprint density at radius 2 is 2.12 bits per heavy atom. The number of hydrogen-bond acceptors (Lipinski definition) is 4. The van der Waals surface area contributed by atoms with Gasteiger partial charge in [-0.05, 0) is 4.52 Å². The summed E-state index contributed by atoms with van der Waals surface area (Å²) in [5, 5.41) is 14.3. The third-order valence-electron chi connectivity index (χ3n) is 0.199. The molecule has 0 amide bonds. The summed E-state index contributed by atoms with van der Waals surface area (Å²) in [4.78, 5) is 0. The molecule has 0 rings (SSSR count). The standard InChI is InChI=1S/CH2N4O2S/c2-1-4-5-8(3,6)7/h(H2,3,6,7). The highest BCUT2D eigenvalue weighted by Crippen LogP contribution is 1.77. The van der Waals surface area contributed by atoms with Gasteiger partial charge in [-0.2, -0.15) is 13.7 Å². The van der Waals surface area contributed by atoms with Crippen molar-refractivity contribution in [3.63, 3.8) is 0 Å². The topological polar surface area (TPSA) is 109 Å². The average molecular weight is 134 g/mol.